The maximum atomic E-state index is 9.29. The summed E-state index contributed by atoms with van der Waals surface area (Å²) in [5.41, 5.74) is -0.0595. The third-order valence-corrected chi connectivity index (χ3v) is 2.24. The number of likely N-dealkylation sites (tertiary alicyclic amines) is 1. The van der Waals surface area contributed by atoms with Crippen molar-refractivity contribution in [2.45, 2.75) is 45.3 Å². The van der Waals surface area contributed by atoms with E-state index in [9.17, 15) is 5.11 Å². The molecule has 1 heterocycles. The van der Waals surface area contributed by atoms with Gasteiger partial charge < -0.3 is 9.84 Å². The van der Waals surface area contributed by atoms with Crippen LogP contribution < -0.4 is 0 Å². The summed E-state index contributed by atoms with van der Waals surface area (Å²) in [7, 11) is 0. The second kappa shape index (κ2) is 4.40. The van der Waals surface area contributed by atoms with Gasteiger partial charge in [0, 0.05) is 13.1 Å². The van der Waals surface area contributed by atoms with Crippen molar-refractivity contribution in [2.75, 3.05) is 19.8 Å². The zero-order chi connectivity index (χ0) is 9.90. The van der Waals surface area contributed by atoms with Crippen LogP contribution in [-0.2, 0) is 4.74 Å². The summed E-state index contributed by atoms with van der Waals surface area (Å²) in [6, 6.07) is 0. The van der Waals surface area contributed by atoms with Crippen molar-refractivity contribution < 1.29 is 9.84 Å². The van der Waals surface area contributed by atoms with E-state index in [4.69, 9.17) is 4.74 Å². The lowest BCUT2D eigenvalue weighted by atomic mass is 10.1. The van der Waals surface area contributed by atoms with Gasteiger partial charge in [-0.1, -0.05) is 0 Å². The Morgan fingerprint density at radius 3 is 2.31 bits per heavy atom. The largest absolute Gasteiger partial charge is 0.393 e. The summed E-state index contributed by atoms with van der Waals surface area (Å²) in [6.45, 7) is 8.79. The lowest BCUT2D eigenvalue weighted by Crippen LogP contribution is -2.39. The Labute approximate surface area is 80.7 Å². The average Bonchev–Trinajstić information content (AvgIpc) is 2.02. The fourth-order valence-corrected chi connectivity index (χ4v) is 1.33. The fraction of sp³-hybridized carbons (Fsp3) is 1.00. The molecular formula is C10H21NO2. The molecule has 0 unspecified atom stereocenters. The molecule has 0 atom stereocenters. The van der Waals surface area contributed by atoms with E-state index in [2.05, 4.69) is 25.7 Å². The van der Waals surface area contributed by atoms with Gasteiger partial charge in [0.2, 0.25) is 0 Å². The highest BCUT2D eigenvalue weighted by Gasteiger charge is 2.18. The highest BCUT2D eigenvalue weighted by Crippen LogP contribution is 2.12. The molecule has 1 aliphatic rings. The summed E-state index contributed by atoms with van der Waals surface area (Å²) in [6.07, 6.45) is 1.67. The zero-order valence-corrected chi connectivity index (χ0v) is 8.92. The van der Waals surface area contributed by atoms with E-state index in [1.165, 1.54) is 0 Å². The second-order valence-electron chi connectivity index (χ2n) is 4.74. The summed E-state index contributed by atoms with van der Waals surface area (Å²) < 4.78 is 5.65. The van der Waals surface area contributed by atoms with Crippen LogP contribution in [-0.4, -0.2) is 41.5 Å². The Bertz CT molecular complexity index is 145. The van der Waals surface area contributed by atoms with Crippen LogP contribution in [0.4, 0.5) is 0 Å². The molecule has 0 aromatic carbocycles. The highest BCUT2D eigenvalue weighted by molar-refractivity contribution is 4.69. The smallest absolute Gasteiger partial charge is 0.0997 e. The standard InChI is InChI=1S/C10H21NO2/c1-10(2,3)13-8-11-6-4-9(12)5-7-11/h9,12H,4-8H2,1-3H3. The molecule has 1 saturated heterocycles. The van der Waals surface area contributed by atoms with Crippen LogP contribution in [0.3, 0.4) is 0 Å². The van der Waals surface area contributed by atoms with Gasteiger partial charge in [0.1, 0.15) is 0 Å². The monoisotopic (exact) mass is 187 g/mol. The van der Waals surface area contributed by atoms with Crippen LogP contribution in [0.1, 0.15) is 33.6 Å². The first kappa shape index (κ1) is 11.0. The van der Waals surface area contributed by atoms with Gasteiger partial charge in [-0.2, -0.15) is 0 Å². The molecule has 1 N–H and O–H groups in total. The first-order valence-electron chi connectivity index (χ1n) is 5.02. The molecule has 0 bridgehead atoms. The predicted octanol–water partition coefficient (Wildman–Crippen LogP) is 1.22. The quantitative estimate of drug-likeness (QED) is 0.705. The Morgan fingerprint density at radius 1 is 1.31 bits per heavy atom. The molecule has 0 aromatic rings. The van der Waals surface area contributed by atoms with E-state index < -0.39 is 0 Å². The van der Waals surface area contributed by atoms with Gasteiger partial charge in [-0.15, -0.1) is 0 Å². The number of rotatable bonds is 2. The highest BCUT2D eigenvalue weighted by atomic mass is 16.5. The van der Waals surface area contributed by atoms with Gasteiger partial charge in [0.05, 0.1) is 18.4 Å². The molecular weight excluding hydrogens is 166 g/mol. The minimum Gasteiger partial charge on any atom is -0.393 e. The molecule has 1 aliphatic heterocycles. The Morgan fingerprint density at radius 2 is 1.85 bits per heavy atom. The number of aliphatic hydroxyl groups excluding tert-OH is 1. The molecule has 13 heavy (non-hydrogen) atoms. The first-order valence-corrected chi connectivity index (χ1v) is 5.02. The number of hydrogen-bond donors (Lipinski definition) is 1. The third-order valence-electron chi connectivity index (χ3n) is 2.24. The fourth-order valence-electron chi connectivity index (χ4n) is 1.33. The van der Waals surface area contributed by atoms with Crippen molar-refractivity contribution in [3.8, 4) is 0 Å². The maximum Gasteiger partial charge on any atom is 0.0997 e. The van der Waals surface area contributed by atoms with E-state index in [1.807, 2.05) is 0 Å². The van der Waals surface area contributed by atoms with Crippen LogP contribution >= 0.6 is 0 Å². The summed E-state index contributed by atoms with van der Waals surface area (Å²) in [5, 5.41) is 9.29. The summed E-state index contributed by atoms with van der Waals surface area (Å²) in [4.78, 5) is 2.25. The van der Waals surface area contributed by atoms with E-state index in [1.54, 1.807) is 0 Å². The molecule has 3 heteroatoms. The van der Waals surface area contributed by atoms with Crippen molar-refractivity contribution in [1.82, 2.24) is 4.90 Å². The minimum atomic E-state index is -0.0918. The maximum absolute atomic E-state index is 9.29. The van der Waals surface area contributed by atoms with Gasteiger partial charge in [0.25, 0.3) is 0 Å². The van der Waals surface area contributed by atoms with Crippen LogP contribution in [0.15, 0.2) is 0 Å². The van der Waals surface area contributed by atoms with Crippen LogP contribution in [0, 0.1) is 0 Å². The van der Waals surface area contributed by atoms with Crippen LogP contribution in [0.5, 0.6) is 0 Å². The lowest BCUT2D eigenvalue weighted by Gasteiger charge is -2.31. The molecule has 78 valence electrons. The minimum absolute atomic E-state index is 0.0595. The molecule has 1 fully saturated rings. The first-order chi connectivity index (χ1) is 5.97. The molecule has 0 radical (unpaired) electrons. The predicted molar refractivity (Wildman–Crippen MR) is 52.5 cm³/mol. The van der Waals surface area contributed by atoms with Crippen molar-refractivity contribution in [3.63, 3.8) is 0 Å². The Balaban J connectivity index is 2.16. The van der Waals surface area contributed by atoms with Gasteiger partial charge >= 0.3 is 0 Å². The van der Waals surface area contributed by atoms with Gasteiger partial charge in [-0.25, -0.2) is 0 Å². The van der Waals surface area contributed by atoms with E-state index in [-0.39, 0.29) is 11.7 Å². The van der Waals surface area contributed by atoms with Crippen molar-refractivity contribution >= 4 is 0 Å². The topological polar surface area (TPSA) is 32.7 Å². The van der Waals surface area contributed by atoms with Crippen LogP contribution in [0.25, 0.3) is 0 Å². The average molecular weight is 187 g/mol. The van der Waals surface area contributed by atoms with Crippen molar-refractivity contribution in [1.29, 1.82) is 0 Å². The summed E-state index contributed by atoms with van der Waals surface area (Å²) in [5.74, 6) is 0. The van der Waals surface area contributed by atoms with Gasteiger partial charge in [0.15, 0.2) is 0 Å². The lowest BCUT2D eigenvalue weighted by molar-refractivity contribution is -0.0762. The molecule has 3 nitrogen and oxygen atoms in total. The number of ether oxygens (including phenoxy) is 1. The molecule has 0 aliphatic carbocycles. The molecule has 0 aromatic heterocycles. The van der Waals surface area contributed by atoms with Gasteiger partial charge in [-0.05, 0) is 33.6 Å². The third kappa shape index (κ3) is 4.60. The number of aliphatic hydroxyl groups is 1. The van der Waals surface area contributed by atoms with Crippen molar-refractivity contribution in [2.24, 2.45) is 0 Å². The summed E-state index contributed by atoms with van der Waals surface area (Å²) >= 11 is 0. The van der Waals surface area contributed by atoms with Crippen LogP contribution in [0.2, 0.25) is 0 Å². The number of nitrogens with zero attached hydrogens (tertiary/aromatic N) is 1. The van der Waals surface area contributed by atoms with E-state index in [0.29, 0.717) is 6.73 Å². The number of hydrogen-bond acceptors (Lipinski definition) is 3. The number of piperidine rings is 1. The molecule has 0 amide bonds. The van der Waals surface area contributed by atoms with E-state index in [0.717, 1.165) is 25.9 Å². The second-order valence-corrected chi connectivity index (χ2v) is 4.74. The van der Waals surface area contributed by atoms with E-state index >= 15 is 0 Å². The SMILES string of the molecule is CC(C)(C)OCN1CCC(O)CC1. The Hall–Kier alpha value is -0.120. The molecule has 0 spiro atoms. The van der Waals surface area contributed by atoms with Gasteiger partial charge in [-0.3, -0.25) is 4.90 Å². The zero-order valence-electron chi connectivity index (χ0n) is 8.92. The van der Waals surface area contributed by atoms with Crippen molar-refractivity contribution in [3.05, 3.63) is 0 Å². The molecule has 1 rings (SSSR count). The molecule has 0 saturated carbocycles. The Kier molecular flexibility index (Phi) is 3.71. The normalized spacial score (nSPS) is 22.2.